The van der Waals surface area contributed by atoms with Gasteiger partial charge in [0.1, 0.15) is 16.4 Å². The van der Waals surface area contributed by atoms with Gasteiger partial charge in [-0.1, -0.05) is 11.6 Å². The van der Waals surface area contributed by atoms with Gasteiger partial charge in [-0.05, 0) is 48.0 Å². The fourth-order valence-electron chi connectivity index (χ4n) is 3.68. The molecule has 0 radical (unpaired) electrons. The maximum Gasteiger partial charge on any atom is 0.271 e. The zero-order valence-electron chi connectivity index (χ0n) is 17.5. The van der Waals surface area contributed by atoms with E-state index < -0.39 is 26.1 Å². The number of halogens is 2. The highest BCUT2D eigenvalue weighted by atomic mass is 35.5. The molecule has 0 fully saturated rings. The van der Waals surface area contributed by atoms with E-state index in [0.717, 1.165) is 34.0 Å². The minimum atomic E-state index is -4.28. The molecule has 1 aliphatic heterocycles. The first-order valence-electron chi connectivity index (χ1n) is 9.90. The molecular formula is C22H15ClFN5O4S. The Morgan fingerprint density at radius 1 is 1.15 bits per heavy atom. The van der Waals surface area contributed by atoms with E-state index in [1.54, 1.807) is 18.2 Å². The van der Waals surface area contributed by atoms with Gasteiger partial charge in [-0.15, -0.1) is 0 Å². The van der Waals surface area contributed by atoms with E-state index in [2.05, 4.69) is 20.6 Å². The monoisotopic (exact) mass is 499 g/mol. The van der Waals surface area contributed by atoms with Crippen LogP contribution in [0.1, 0.15) is 5.56 Å². The van der Waals surface area contributed by atoms with Crippen LogP contribution in [0.5, 0.6) is 0 Å². The Labute approximate surface area is 197 Å². The first-order valence-corrected chi connectivity index (χ1v) is 11.8. The average Bonchev–Trinajstić information content (AvgIpc) is 3.17. The van der Waals surface area contributed by atoms with Crippen LogP contribution in [-0.4, -0.2) is 28.9 Å². The number of nitrogens with one attached hydrogen (secondary N) is 2. The molecule has 0 saturated carbocycles. The summed E-state index contributed by atoms with van der Waals surface area (Å²) in [5, 5.41) is 5.71. The molecule has 9 nitrogen and oxygen atoms in total. The molecule has 0 aliphatic carbocycles. The Morgan fingerprint density at radius 3 is 2.71 bits per heavy atom. The van der Waals surface area contributed by atoms with Crippen molar-refractivity contribution in [3.63, 3.8) is 0 Å². The summed E-state index contributed by atoms with van der Waals surface area (Å²) in [6.07, 6.45) is 1.66. The Balaban J connectivity index is 1.54. The summed E-state index contributed by atoms with van der Waals surface area (Å²) in [5.74, 6) is -0.676. The van der Waals surface area contributed by atoms with Crippen LogP contribution in [0.2, 0.25) is 5.02 Å². The summed E-state index contributed by atoms with van der Waals surface area (Å²) in [7, 11) is -2.89. The maximum absolute atomic E-state index is 13.5. The van der Waals surface area contributed by atoms with Crippen LogP contribution in [0.4, 0.5) is 21.7 Å². The molecule has 1 aliphatic rings. The van der Waals surface area contributed by atoms with Gasteiger partial charge < -0.3 is 10.6 Å². The van der Waals surface area contributed by atoms with Crippen molar-refractivity contribution in [3.8, 4) is 0 Å². The second-order valence-corrected chi connectivity index (χ2v) is 9.97. The third-order valence-electron chi connectivity index (χ3n) is 5.39. The van der Waals surface area contributed by atoms with Crippen LogP contribution < -0.4 is 16.2 Å². The third-order valence-corrected chi connectivity index (χ3v) is 7.43. The molecule has 34 heavy (non-hydrogen) atoms. The smallest absolute Gasteiger partial charge is 0.271 e. The van der Waals surface area contributed by atoms with Crippen LogP contribution in [0.3, 0.4) is 0 Å². The van der Waals surface area contributed by atoms with Crippen molar-refractivity contribution in [1.29, 1.82) is 0 Å². The van der Waals surface area contributed by atoms with Gasteiger partial charge in [-0.2, -0.15) is 4.98 Å². The van der Waals surface area contributed by atoms with E-state index in [-0.39, 0.29) is 33.8 Å². The standard InChI is InChI=1S/C22H15ClFN5O4S/c1-29-20-12(7-18(21(29)31)34(32,33)14-3-4-16(24)15(23)9-14)10-25-22(28-20)26-13-2-5-17-11(6-13)8-19(30)27-17/h2-7,9-10H,8H2,1H3,(H,27,30)(H,25,26,28). The number of hydrogen-bond acceptors (Lipinski definition) is 7. The Hall–Kier alpha value is -3.83. The number of pyridine rings is 1. The average molecular weight is 500 g/mol. The molecule has 0 spiro atoms. The predicted octanol–water partition coefficient (Wildman–Crippen LogP) is 3.19. The third kappa shape index (κ3) is 3.68. The van der Waals surface area contributed by atoms with Gasteiger partial charge >= 0.3 is 0 Å². The number of sulfone groups is 1. The summed E-state index contributed by atoms with van der Waals surface area (Å²) < 4.78 is 40.7. The fraction of sp³-hybridized carbons (Fsp3) is 0.0909. The highest BCUT2D eigenvalue weighted by Gasteiger charge is 2.25. The molecule has 0 saturated heterocycles. The molecule has 0 bridgehead atoms. The lowest BCUT2D eigenvalue weighted by Gasteiger charge is -2.11. The van der Waals surface area contributed by atoms with Crippen molar-refractivity contribution in [1.82, 2.24) is 14.5 Å². The van der Waals surface area contributed by atoms with Crippen molar-refractivity contribution in [3.05, 3.63) is 75.4 Å². The first kappa shape index (κ1) is 22.0. The molecule has 172 valence electrons. The van der Waals surface area contributed by atoms with Crippen molar-refractivity contribution < 1.29 is 17.6 Å². The SMILES string of the molecule is Cn1c(=O)c(S(=O)(=O)c2ccc(F)c(Cl)c2)cc2cnc(Nc3ccc4c(c3)CC(=O)N4)nc21. The number of carbonyl (C=O) groups is 1. The molecule has 5 rings (SSSR count). The van der Waals surface area contributed by atoms with E-state index in [1.807, 2.05) is 0 Å². The number of amides is 1. The molecule has 0 unspecified atom stereocenters. The summed E-state index contributed by atoms with van der Waals surface area (Å²) >= 11 is 5.73. The topological polar surface area (TPSA) is 123 Å². The van der Waals surface area contributed by atoms with Gasteiger partial charge in [0, 0.05) is 30.0 Å². The van der Waals surface area contributed by atoms with Crippen LogP contribution in [0.15, 0.2) is 63.2 Å². The second kappa shape index (κ2) is 7.89. The molecule has 0 atom stereocenters. The van der Waals surface area contributed by atoms with Crippen molar-refractivity contribution in [2.24, 2.45) is 7.05 Å². The van der Waals surface area contributed by atoms with Gasteiger partial charge in [0.05, 0.1) is 16.3 Å². The van der Waals surface area contributed by atoms with E-state index in [1.165, 1.54) is 19.3 Å². The number of hydrogen-bond donors (Lipinski definition) is 2. The number of rotatable bonds is 4. The number of nitrogens with zero attached hydrogens (tertiary/aromatic N) is 3. The van der Waals surface area contributed by atoms with Gasteiger partial charge in [-0.25, -0.2) is 17.8 Å². The van der Waals surface area contributed by atoms with Gasteiger partial charge in [0.2, 0.25) is 21.7 Å². The Kier molecular flexibility index (Phi) is 5.10. The molecule has 3 heterocycles. The zero-order valence-corrected chi connectivity index (χ0v) is 19.0. The summed E-state index contributed by atoms with van der Waals surface area (Å²) in [4.78, 5) is 32.2. The highest BCUT2D eigenvalue weighted by molar-refractivity contribution is 7.91. The molecular weight excluding hydrogens is 485 g/mol. The molecule has 2 aromatic carbocycles. The number of anilines is 3. The lowest BCUT2D eigenvalue weighted by atomic mass is 10.1. The zero-order chi connectivity index (χ0) is 24.2. The Bertz CT molecular complexity index is 1690. The van der Waals surface area contributed by atoms with Crippen LogP contribution in [0.25, 0.3) is 11.0 Å². The van der Waals surface area contributed by atoms with Gasteiger partial charge in [0.15, 0.2) is 0 Å². The number of benzene rings is 2. The summed E-state index contributed by atoms with van der Waals surface area (Å²) in [6.45, 7) is 0. The minimum absolute atomic E-state index is 0.0854. The Morgan fingerprint density at radius 2 is 1.94 bits per heavy atom. The van der Waals surface area contributed by atoms with Crippen molar-refractivity contribution >= 4 is 55.7 Å². The molecule has 1 amide bonds. The number of carbonyl (C=O) groups excluding carboxylic acids is 1. The van der Waals surface area contributed by atoms with Crippen LogP contribution in [-0.2, 0) is 28.1 Å². The number of aromatic nitrogens is 3. The normalized spacial score (nSPS) is 13.1. The largest absolute Gasteiger partial charge is 0.326 e. The van der Waals surface area contributed by atoms with Crippen molar-refractivity contribution in [2.75, 3.05) is 10.6 Å². The molecule has 4 aromatic rings. The van der Waals surface area contributed by atoms with Gasteiger partial charge in [0.25, 0.3) is 5.56 Å². The maximum atomic E-state index is 13.5. The van der Waals surface area contributed by atoms with Crippen molar-refractivity contribution in [2.45, 2.75) is 16.2 Å². The quantitative estimate of drug-likeness (QED) is 0.413. The molecule has 12 heteroatoms. The second-order valence-electron chi connectivity index (χ2n) is 7.65. The summed E-state index contributed by atoms with van der Waals surface area (Å²) in [6, 6.07) is 9.41. The molecule has 2 N–H and O–H groups in total. The predicted molar refractivity (Wildman–Crippen MR) is 124 cm³/mol. The van der Waals surface area contributed by atoms with E-state index >= 15 is 0 Å². The molecule has 2 aromatic heterocycles. The lowest BCUT2D eigenvalue weighted by Crippen LogP contribution is -2.25. The number of aryl methyl sites for hydroxylation is 1. The van der Waals surface area contributed by atoms with E-state index in [0.29, 0.717) is 11.1 Å². The van der Waals surface area contributed by atoms with Crippen LogP contribution in [0, 0.1) is 5.82 Å². The van der Waals surface area contributed by atoms with Gasteiger partial charge in [-0.3, -0.25) is 14.2 Å². The first-order chi connectivity index (χ1) is 16.1. The number of fused-ring (bicyclic) bond motifs is 2. The van der Waals surface area contributed by atoms with E-state index in [4.69, 9.17) is 11.6 Å². The summed E-state index contributed by atoms with van der Waals surface area (Å²) in [5.41, 5.74) is 1.62. The van der Waals surface area contributed by atoms with E-state index in [9.17, 15) is 22.4 Å². The fourth-order valence-corrected chi connectivity index (χ4v) is 5.35. The van der Waals surface area contributed by atoms with Crippen LogP contribution >= 0.6 is 11.6 Å². The lowest BCUT2D eigenvalue weighted by molar-refractivity contribution is -0.115. The highest BCUT2D eigenvalue weighted by Crippen LogP contribution is 2.28. The minimum Gasteiger partial charge on any atom is -0.326 e.